The Morgan fingerprint density at radius 1 is 0.931 bits per heavy atom. The van der Waals surface area contributed by atoms with Crippen molar-refractivity contribution in [2.75, 3.05) is 5.32 Å². The Hall–Kier alpha value is -2.74. The van der Waals surface area contributed by atoms with Gasteiger partial charge in [0.1, 0.15) is 0 Å². The molecule has 3 rings (SSSR count). The number of rotatable bonds is 6. The van der Waals surface area contributed by atoms with E-state index in [1.54, 1.807) is 0 Å². The molecule has 2 N–H and O–H groups in total. The van der Waals surface area contributed by atoms with Crippen LogP contribution < -0.4 is 10.7 Å². The van der Waals surface area contributed by atoms with Gasteiger partial charge in [0.2, 0.25) is 11.8 Å². The van der Waals surface area contributed by atoms with E-state index >= 15 is 0 Å². The molecule has 0 saturated carbocycles. The molecule has 148 valence electrons. The highest BCUT2D eigenvalue weighted by atomic mass is 127. The van der Waals surface area contributed by atoms with Crippen molar-refractivity contribution < 1.29 is 9.59 Å². The Kier molecular flexibility index (Phi) is 6.98. The summed E-state index contributed by atoms with van der Waals surface area (Å²) in [6, 6.07) is 19.9. The SMILES string of the molecule is CC(=NNC(=O)CCC(=O)Nc1ccc(I)cc1C)c1ccc2ccccc2c1. The van der Waals surface area contributed by atoms with Crippen LogP contribution in [-0.2, 0) is 9.59 Å². The van der Waals surface area contributed by atoms with Gasteiger partial charge >= 0.3 is 0 Å². The van der Waals surface area contributed by atoms with E-state index in [0.717, 1.165) is 31.2 Å². The number of amides is 2. The van der Waals surface area contributed by atoms with Gasteiger partial charge in [-0.25, -0.2) is 5.43 Å². The van der Waals surface area contributed by atoms with Crippen LogP contribution in [0.5, 0.6) is 0 Å². The van der Waals surface area contributed by atoms with Gasteiger partial charge in [-0.2, -0.15) is 5.10 Å². The average molecular weight is 499 g/mol. The Balaban J connectivity index is 1.52. The molecule has 0 heterocycles. The quantitative estimate of drug-likeness (QED) is 0.284. The Morgan fingerprint density at radius 3 is 2.41 bits per heavy atom. The molecule has 0 spiro atoms. The molecule has 0 unspecified atom stereocenters. The predicted octanol–water partition coefficient (Wildman–Crippen LogP) is 5.01. The summed E-state index contributed by atoms with van der Waals surface area (Å²) in [6.07, 6.45) is 0.172. The van der Waals surface area contributed by atoms with E-state index in [9.17, 15) is 9.59 Å². The van der Waals surface area contributed by atoms with Crippen LogP contribution >= 0.6 is 22.6 Å². The lowest BCUT2D eigenvalue weighted by atomic mass is 10.0. The lowest BCUT2D eigenvalue weighted by Crippen LogP contribution is -2.22. The van der Waals surface area contributed by atoms with Crippen LogP contribution in [0, 0.1) is 10.5 Å². The fourth-order valence-corrected chi connectivity index (χ4v) is 3.54. The standard InChI is InChI=1S/C23H22IN3O2/c1-15-13-20(24)9-10-21(15)25-22(28)11-12-23(29)27-26-16(2)18-8-7-17-5-3-4-6-19(17)14-18/h3-10,13-14H,11-12H2,1-2H3,(H,25,28)(H,27,29). The predicted molar refractivity (Wildman–Crippen MR) is 126 cm³/mol. The zero-order valence-electron chi connectivity index (χ0n) is 16.3. The summed E-state index contributed by atoms with van der Waals surface area (Å²) in [5.74, 6) is -0.487. The Bertz CT molecular complexity index is 1090. The molecular formula is C23H22IN3O2. The number of halogens is 1. The van der Waals surface area contributed by atoms with Crippen molar-refractivity contribution in [1.29, 1.82) is 0 Å². The second-order valence-electron chi connectivity index (χ2n) is 6.80. The van der Waals surface area contributed by atoms with Gasteiger partial charge in [-0.15, -0.1) is 0 Å². The van der Waals surface area contributed by atoms with E-state index in [1.807, 2.05) is 68.4 Å². The molecule has 5 nitrogen and oxygen atoms in total. The molecule has 29 heavy (non-hydrogen) atoms. The number of nitrogens with zero attached hydrogens (tertiary/aromatic N) is 1. The fraction of sp³-hybridized carbons (Fsp3) is 0.174. The maximum absolute atomic E-state index is 12.1. The first-order valence-corrected chi connectivity index (χ1v) is 10.4. The minimum absolute atomic E-state index is 0.0732. The molecule has 0 aliphatic rings. The van der Waals surface area contributed by atoms with Crippen molar-refractivity contribution in [2.24, 2.45) is 5.10 Å². The van der Waals surface area contributed by atoms with Gasteiger partial charge in [0, 0.05) is 22.1 Å². The summed E-state index contributed by atoms with van der Waals surface area (Å²) in [4.78, 5) is 24.2. The zero-order chi connectivity index (χ0) is 20.8. The molecule has 3 aromatic carbocycles. The molecule has 6 heteroatoms. The monoisotopic (exact) mass is 499 g/mol. The van der Waals surface area contributed by atoms with Crippen LogP contribution in [0.2, 0.25) is 0 Å². The molecule has 0 aliphatic heterocycles. The molecule has 0 fully saturated rings. The van der Waals surface area contributed by atoms with Crippen molar-refractivity contribution in [3.8, 4) is 0 Å². The minimum Gasteiger partial charge on any atom is -0.326 e. The van der Waals surface area contributed by atoms with E-state index in [-0.39, 0.29) is 24.7 Å². The van der Waals surface area contributed by atoms with E-state index in [0.29, 0.717) is 5.71 Å². The van der Waals surface area contributed by atoms with Crippen LogP contribution in [0.1, 0.15) is 30.9 Å². The van der Waals surface area contributed by atoms with Gasteiger partial charge in [0.25, 0.3) is 0 Å². The second-order valence-corrected chi connectivity index (χ2v) is 8.05. The summed E-state index contributed by atoms with van der Waals surface area (Å²) in [7, 11) is 0. The van der Waals surface area contributed by atoms with Gasteiger partial charge in [0.15, 0.2) is 0 Å². The Morgan fingerprint density at radius 2 is 1.66 bits per heavy atom. The first-order valence-electron chi connectivity index (χ1n) is 9.30. The van der Waals surface area contributed by atoms with Crippen LogP contribution in [0.15, 0.2) is 65.8 Å². The number of hydrazone groups is 1. The van der Waals surface area contributed by atoms with E-state index in [2.05, 4.69) is 44.5 Å². The lowest BCUT2D eigenvalue weighted by Gasteiger charge is -2.08. The maximum atomic E-state index is 12.1. The van der Waals surface area contributed by atoms with Crippen LogP contribution in [0.25, 0.3) is 10.8 Å². The third-order valence-corrected chi connectivity index (χ3v) is 5.23. The molecule has 0 radical (unpaired) electrons. The molecule has 0 atom stereocenters. The Labute approximate surface area is 183 Å². The number of benzene rings is 3. The summed E-state index contributed by atoms with van der Waals surface area (Å²) in [5.41, 5.74) is 5.94. The molecular weight excluding hydrogens is 477 g/mol. The third-order valence-electron chi connectivity index (χ3n) is 4.56. The number of anilines is 1. The van der Waals surface area contributed by atoms with E-state index in [1.165, 1.54) is 0 Å². The fourth-order valence-electron chi connectivity index (χ4n) is 2.89. The van der Waals surface area contributed by atoms with Gasteiger partial charge < -0.3 is 5.32 Å². The van der Waals surface area contributed by atoms with Gasteiger partial charge in [-0.3, -0.25) is 9.59 Å². The van der Waals surface area contributed by atoms with Gasteiger partial charge in [-0.05, 0) is 82.6 Å². The topological polar surface area (TPSA) is 70.6 Å². The summed E-state index contributed by atoms with van der Waals surface area (Å²) in [5, 5.41) is 9.29. The molecule has 2 amide bonds. The van der Waals surface area contributed by atoms with Crippen LogP contribution in [0.3, 0.4) is 0 Å². The molecule has 0 aliphatic carbocycles. The number of hydrogen-bond acceptors (Lipinski definition) is 3. The maximum Gasteiger partial charge on any atom is 0.240 e. The van der Waals surface area contributed by atoms with Crippen molar-refractivity contribution in [2.45, 2.75) is 26.7 Å². The first-order chi connectivity index (χ1) is 13.9. The highest BCUT2D eigenvalue weighted by molar-refractivity contribution is 14.1. The van der Waals surface area contributed by atoms with Crippen molar-refractivity contribution >= 4 is 56.6 Å². The number of nitrogens with one attached hydrogen (secondary N) is 2. The summed E-state index contributed by atoms with van der Waals surface area (Å²) >= 11 is 2.23. The number of carbonyl (C=O) groups excluding carboxylic acids is 2. The number of hydrogen-bond donors (Lipinski definition) is 2. The average Bonchev–Trinajstić information content (AvgIpc) is 2.72. The van der Waals surface area contributed by atoms with Crippen molar-refractivity contribution in [3.63, 3.8) is 0 Å². The number of aryl methyl sites for hydroxylation is 1. The highest BCUT2D eigenvalue weighted by Crippen LogP contribution is 2.18. The van der Waals surface area contributed by atoms with E-state index < -0.39 is 0 Å². The minimum atomic E-state index is -0.292. The molecule has 0 aromatic heterocycles. The normalized spacial score (nSPS) is 11.3. The number of fused-ring (bicyclic) bond motifs is 1. The van der Waals surface area contributed by atoms with Crippen molar-refractivity contribution in [3.05, 3.63) is 75.4 Å². The molecule has 0 saturated heterocycles. The highest BCUT2D eigenvalue weighted by Gasteiger charge is 2.09. The second kappa shape index (κ2) is 9.65. The third kappa shape index (κ3) is 5.87. The number of carbonyl (C=O) groups is 2. The first kappa shape index (κ1) is 21.0. The van der Waals surface area contributed by atoms with Gasteiger partial charge in [0.05, 0.1) is 5.71 Å². The van der Waals surface area contributed by atoms with Crippen LogP contribution in [0.4, 0.5) is 5.69 Å². The summed E-state index contributed by atoms with van der Waals surface area (Å²) in [6.45, 7) is 3.78. The zero-order valence-corrected chi connectivity index (χ0v) is 18.5. The van der Waals surface area contributed by atoms with E-state index in [4.69, 9.17) is 0 Å². The van der Waals surface area contributed by atoms with Crippen LogP contribution in [-0.4, -0.2) is 17.5 Å². The van der Waals surface area contributed by atoms with Crippen molar-refractivity contribution in [1.82, 2.24) is 5.43 Å². The largest absolute Gasteiger partial charge is 0.326 e. The lowest BCUT2D eigenvalue weighted by molar-refractivity contribution is -0.124. The summed E-state index contributed by atoms with van der Waals surface area (Å²) < 4.78 is 1.11. The molecule has 3 aromatic rings. The smallest absolute Gasteiger partial charge is 0.240 e. The molecule has 0 bridgehead atoms. The van der Waals surface area contributed by atoms with Gasteiger partial charge in [-0.1, -0.05) is 36.4 Å².